The molecule has 6 nitrogen and oxygen atoms in total. The van der Waals surface area contributed by atoms with Crippen LogP contribution in [0.15, 0.2) is 0 Å². The molecule has 6 heteroatoms. The summed E-state index contributed by atoms with van der Waals surface area (Å²) >= 11 is 0. The molecule has 1 aliphatic heterocycles. The van der Waals surface area contributed by atoms with E-state index in [4.69, 9.17) is 0 Å². The van der Waals surface area contributed by atoms with Gasteiger partial charge in [-0.3, -0.25) is 19.3 Å². The molecule has 1 atom stereocenters. The third-order valence-electron chi connectivity index (χ3n) is 4.06. The average molecular weight is 354 g/mol. The lowest BCUT2D eigenvalue weighted by molar-refractivity contribution is -0.139. The van der Waals surface area contributed by atoms with E-state index in [0.29, 0.717) is 13.0 Å². The number of hydrogen-bond donors (Lipinski definition) is 1. The number of Topliss-reactive ketones (excluding diaryl/α,β-unsaturated/α-hetero) is 1. The van der Waals surface area contributed by atoms with Crippen LogP contribution in [-0.2, 0) is 19.2 Å². The molecule has 0 aliphatic carbocycles. The fraction of sp³-hybridized carbons (Fsp3) is 0.789. The normalized spacial score (nSPS) is 16.5. The summed E-state index contributed by atoms with van der Waals surface area (Å²) in [7, 11) is 0. The monoisotopic (exact) mass is 354 g/mol. The summed E-state index contributed by atoms with van der Waals surface area (Å²) in [6.45, 7) is 8.14. The second-order valence-electron chi connectivity index (χ2n) is 6.31. The van der Waals surface area contributed by atoms with Gasteiger partial charge < -0.3 is 10.1 Å². The third-order valence-corrected chi connectivity index (χ3v) is 4.06. The summed E-state index contributed by atoms with van der Waals surface area (Å²) in [5, 5.41) is 2.81. The standard InChI is InChI=1S/C17H28N2O4.C2H6/c1-13-12-16(22)19(17(13)23)11-9-15(21)18-10-7-5-3-4-6-8-14(2)20;1-2/h13H,3-12H2,1-2H3,(H,18,21);1-2H3. The van der Waals surface area contributed by atoms with Crippen molar-refractivity contribution in [1.29, 1.82) is 0 Å². The van der Waals surface area contributed by atoms with E-state index in [1.54, 1.807) is 13.8 Å². The molecule has 0 radical (unpaired) electrons. The summed E-state index contributed by atoms with van der Waals surface area (Å²) in [6.07, 6.45) is 6.07. The molecule has 1 aliphatic rings. The number of imide groups is 1. The second-order valence-corrected chi connectivity index (χ2v) is 6.31. The van der Waals surface area contributed by atoms with E-state index in [2.05, 4.69) is 5.32 Å². The molecule has 0 bridgehead atoms. The van der Waals surface area contributed by atoms with Gasteiger partial charge in [-0.1, -0.05) is 40.0 Å². The lowest BCUT2D eigenvalue weighted by atomic mass is 10.1. The third kappa shape index (κ3) is 9.99. The molecule has 1 rings (SSSR count). The molecule has 1 heterocycles. The Labute approximate surface area is 151 Å². The van der Waals surface area contributed by atoms with Crippen molar-refractivity contribution >= 4 is 23.5 Å². The summed E-state index contributed by atoms with van der Waals surface area (Å²) in [4.78, 5) is 47.0. The Bertz CT molecular complexity index is 449. The van der Waals surface area contributed by atoms with Crippen molar-refractivity contribution in [2.45, 2.75) is 79.1 Å². The van der Waals surface area contributed by atoms with E-state index >= 15 is 0 Å². The van der Waals surface area contributed by atoms with Gasteiger partial charge in [-0.25, -0.2) is 0 Å². The number of amides is 3. The molecule has 1 saturated heterocycles. The second kappa shape index (κ2) is 13.6. The Kier molecular flexibility index (Phi) is 12.6. The van der Waals surface area contributed by atoms with Gasteiger partial charge in [0.2, 0.25) is 17.7 Å². The summed E-state index contributed by atoms with van der Waals surface area (Å²) in [5.41, 5.74) is 0. The SMILES string of the molecule is CC.CC(=O)CCCCCCCNC(=O)CCN1C(=O)CC(C)C1=O. The van der Waals surface area contributed by atoms with E-state index < -0.39 is 0 Å². The van der Waals surface area contributed by atoms with Crippen LogP contribution >= 0.6 is 0 Å². The molecule has 25 heavy (non-hydrogen) atoms. The van der Waals surface area contributed by atoms with Crippen molar-refractivity contribution in [1.82, 2.24) is 10.2 Å². The van der Waals surface area contributed by atoms with Gasteiger partial charge >= 0.3 is 0 Å². The van der Waals surface area contributed by atoms with Crippen LogP contribution in [0, 0.1) is 5.92 Å². The number of hydrogen-bond acceptors (Lipinski definition) is 4. The predicted octanol–water partition coefficient (Wildman–Crippen LogP) is 2.84. The number of carbonyl (C=O) groups excluding carboxylic acids is 4. The Balaban J connectivity index is 0.00000277. The topological polar surface area (TPSA) is 83.6 Å². The molecule has 3 amide bonds. The highest BCUT2D eigenvalue weighted by Gasteiger charge is 2.35. The number of nitrogens with zero attached hydrogens (tertiary/aromatic N) is 1. The van der Waals surface area contributed by atoms with Crippen molar-refractivity contribution in [3.05, 3.63) is 0 Å². The zero-order valence-corrected chi connectivity index (χ0v) is 16.2. The van der Waals surface area contributed by atoms with E-state index in [9.17, 15) is 19.2 Å². The maximum absolute atomic E-state index is 11.7. The van der Waals surface area contributed by atoms with Gasteiger partial charge in [0.15, 0.2) is 0 Å². The van der Waals surface area contributed by atoms with Crippen molar-refractivity contribution < 1.29 is 19.2 Å². The van der Waals surface area contributed by atoms with Crippen molar-refractivity contribution in [3.63, 3.8) is 0 Å². The maximum Gasteiger partial charge on any atom is 0.232 e. The van der Waals surface area contributed by atoms with E-state index in [1.807, 2.05) is 13.8 Å². The van der Waals surface area contributed by atoms with E-state index in [-0.39, 0.29) is 48.8 Å². The van der Waals surface area contributed by atoms with E-state index in [1.165, 1.54) is 4.90 Å². The first kappa shape index (κ1) is 23.3. The summed E-state index contributed by atoms with van der Waals surface area (Å²) in [6, 6.07) is 0. The number of likely N-dealkylation sites (tertiary alicyclic amines) is 1. The van der Waals surface area contributed by atoms with E-state index in [0.717, 1.165) is 32.1 Å². The first-order valence-electron chi connectivity index (χ1n) is 9.52. The van der Waals surface area contributed by atoms with Crippen LogP contribution in [0.1, 0.15) is 79.1 Å². The van der Waals surface area contributed by atoms with Gasteiger partial charge in [0.05, 0.1) is 0 Å². The summed E-state index contributed by atoms with van der Waals surface area (Å²) < 4.78 is 0. The van der Waals surface area contributed by atoms with Gasteiger partial charge in [0, 0.05) is 38.3 Å². The van der Waals surface area contributed by atoms with Crippen molar-refractivity contribution in [3.8, 4) is 0 Å². The van der Waals surface area contributed by atoms with Crippen LogP contribution in [0.25, 0.3) is 0 Å². The van der Waals surface area contributed by atoms with Crippen LogP contribution in [0.2, 0.25) is 0 Å². The minimum atomic E-state index is -0.256. The van der Waals surface area contributed by atoms with Crippen molar-refractivity contribution in [2.24, 2.45) is 5.92 Å². The highest BCUT2D eigenvalue weighted by molar-refractivity contribution is 6.03. The van der Waals surface area contributed by atoms with Gasteiger partial charge in [-0.2, -0.15) is 0 Å². The Morgan fingerprint density at radius 1 is 1.04 bits per heavy atom. The molecule has 0 aromatic rings. The van der Waals surface area contributed by atoms with Crippen LogP contribution in [0.4, 0.5) is 0 Å². The molecule has 144 valence electrons. The molecular formula is C19H34N2O4. The van der Waals surface area contributed by atoms with Crippen molar-refractivity contribution in [2.75, 3.05) is 13.1 Å². The number of carbonyl (C=O) groups is 4. The van der Waals surface area contributed by atoms with Crippen LogP contribution in [0.3, 0.4) is 0 Å². The lowest BCUT2D eigenvalue weighted by Crippen LogP contribution is -2.35. The van der Waals surface area contributed by atoms with Gasteiger partial charge in [-0.05, 0) is 19.8 Å². The van der Waals surface area contributed by atoms with Gasteiger partial charge in [0.1, 0.15) is 5.78 Å². The minimum Gasteiger partial charge on any atom is -0.356 e. The van der Waals surface area contributed by atoms with Gasteiger partial charge in [-0.15, -0.1) is 0 Å². The average Bonchev–Trinajstić information content (AvgIpc) is 2.82. The highest BCUT2D eigenvalue weighted by Crippen LogP contribution is 2.18. The number of ketones is 1. The number of nitrogens with one attached hydrogen (secondary N) is 1. The summed E-state index contributed by atoms with van der Waals surface area (Å²) in [5.74, 6) is -0.494. The van der Waals surface area contributed by atoms with Crippen LogP contribution < -0.4 is 5.32 Å². The quantitative estimate of drug-likeness (QED) is 0.457. The lowest BCUT2D eigenvalue weighted by Gasteiger charge is -2.13. The molecule has 0 spiro atoms. The fourth-order valence-corrected chi connectivity index (χ4v) is 2.64. The molecule has 0 aromatic carbocycles. The molecule has 1 N–H and O–H groups in total. The molecule has 0 saturated carbocycles. The molecule has 1 unspecified atom stereocenters. The Morgan fingerprint density at radius 2 is 1.64 bits per heavy atom. The molecular weight excluding hydrogens is 320 g/mol. The Morgan fingerprint density at radius 3 is 2.20 bits per heavy atom. The first-order chi connectivity index (χ1) is 11.9. The largest absolute Gasteiger partial charge is 0.356 e. The number of rotatable bonds is 11. The predicted molar refractivity (Wildman–Crippen MR) is 97.9 cm³/mol. The molecule has 0 aromatic heterocycles. The highest BCUT2D eigenvalue weighted by atomic mass is 16.2. The van der Waals surface area contributed by atoms with Gasteiger partial charge in [0.25, 0.3) is 0 Å². The van der Waals surface area contributed by atoms with Crippen LogP contribution in [0.5, 0.6) is 0 Å². The minimum absolute atomic E-state index is 0.123. The number of unbranched alkanes of at least 4 members (excludes halogenated alkanes) is 4. The zero-order chi connectivity index (χ0) is 19.2. The zero-order valence-electron chi connectivity index (χ0n) is 16.2. The fourth-order valence-electron chi connectivity index (χ4n) is 2.64. The Hall–Kier alpha value is -1.72. The molecule has 1 fully saturated rings. The smallest absolute Gasteiger partial charge is 0.232 e. The first-order valence-corrected chi connectivity index (χ1v) is 9.52. The maximum atomic E-state index is 11.7. The van der Waals surface area contributed by atoms with Crippen LogP contribution in [-0.4, -0.2) is 41.5 Å².